The largest absolute Gasteiger partial charge is 0.497 e. The van der Waals surface area contributed by atoms with Crippen LogP contribution in [0.4, 0.5) is 10.1 Å². The molecule has 2 heterocycles. The molecule has 4 aromatic rings. The molecule has 11 heteroatoms. The van der Waals surface area contributed by atoms with Gasteiger partial charge in [-0.3, -0.25) is 14.5 Å². The zero-order valence-electron chi connectivity index (χ0n) is 22.4. The number of thioether (sulfide) groups is 1. The van der Waals surface area contributed by atoms with Gasteiger partial charge >= 0.3 is 0 Å². The van der Waals surface area contributed by atoms with E-state index in [1.807, 2.05) is 24.3 Å². The van der Waals surface area contributed by atoms with Crippen LogP contribution in [0.2, 0.25) is 0 Å². The van der Waals surface area contributed by atoms with Crippen LogP contribution in [0.15, 0.2) is 111 Å². The van der Waals surface area contributed by atoms with Crippen LogP contribution in [-0.4, -0.2) is 41.8 Å². The molecule has 2 amide bonds. The average Bonchev–Trinajstić information content (AvgIpc) is 3.62. The number of furan rings is 1. The standard InChI is InChI=1S/C31H25FN4O5S/c1-39-25-14-8-21(9-15-25)18-33-35-31-36(19-26-6-4-16-40-26)30(38)28(42-31)17-22-5-2-3-7-27(22)41-20-29(37)34-24-12-10-23(32)11-13-24/h2-18H,19-20H2,1H3,(H,34,37)/b28-17-,33-18+,35-31-. The van der Waals surface area contributed by atoms with Crippen molar-refractivity contribution in [1.82, 2.24) is 4.90 Å². The van der Waals surface area contributed by atoms with Crippen molar-refractivity contribution in [3.63, 3.8) is 0 Å². The van der Waals surface area contributed by atoms with E-state index in [9.17, 15) is 14.0 Å². The normalized spacial score (nSPS) is 15.1. The Morgan fingerprint density at radius 3 is 2.57 bits per heavy atom. The van der Waals surface area contributed by atoms with E-state index < -0.39 is 11.7 Å². The van der Waals surface area contributed by atoms with E-state index in [0.717, 1.165) is 11.3 Å². The molecular formula is C31H25FN4O5S. The van der Waals surface area contributed by atoms with Gasteiger partial charge in [-0.15, -0.1) is 5.10 Å². The summed E-state index contributed by atoms with van der Waals surface area (Å²) < 4.78 is 29.5. The second-order valence-corrected chi connectivity index (χ2v) is 9.87. The van der Waals surface area contributed by atoms with Gasteiger partial charge in [0.2, 0.25) is 0 Å². The second-order valence-electron chi connectivity index (χ2n) is 8.86. The first-order valence-corrected chi connectivity index (χ1v) is 13.6. The number of ether oxygens (including phenoxy) is 2. The van der Waals surface area contributed by atoms with Gasteiger partial charge in [0, 0.05) is 11.3 Å². The Morgan fingerprint density at radius 1 is 1.05 bits per heavy atom. The SMILES string of the molecule is COc1ccc(/C=N/N=C2\S/C(=C\c3ccccc3OCC(=O)Nc3ccc(F)cc3)C(=O)N2Cc2ccco2)cc1. The highest BCUT2D eigenvalue weighted by atomic mass is 32.2. The first-order chi connectivity index (χ1) is 20.5. The van der Waals surface area contributed by atoms with Crippen LogP contribution in [-0.2, 0) is 16.1 Å². The summed E-state index contributed by atoms with van der Waals surface area (Å²) >= 11 is 1.17. The summed E-state index contributed by atoms with van der Waals surface area (Å²) in [5, 5.41) is 11.6. The van der Waals surface area contributed by atoms with Crippen LogP contribution < -0.4 is 14.8 Å². The number of carbonyl (C=O) groups excluding carboxylic acids is 2. The number of benzene rings is 3. The maximum atomic E-state index is 13.5. The number of hydrogen-bond acceptors (Lipinski definition) is 8. The highest BCUT2D eigenvalue weighted by Crippen LogP contribution is 2.35. The maximum absolute atomic E-state index is 13.5. The molecule has 42 heavy (non-hydrogen) atoms. The third-order valence-electron chi connectivity index (χ3n) is 5.94. The fourth-order valence-corrected chi connectivity index (χ4v) is 4.79. The van der Waals surface area contributed by atoms with Crippen LogP contribution in [0.25, 0.3) is 6.08 Å². The van der Waals surface area contributed by atoms with E-state index in [4.69, 9.17) is 13.9 Å². The van der Waals surface area contributed by atoms with Crippen LogP contribution in [0.3, 0.4) is 0 Å². The molecule has 1 saturated heterocycles. The number of methoxy groups -OCH3 is 1. The molecule has 5 rings (SSSR count). The van der Waals surface area contributed by atoms with E-state index in [0.29, 0.717) is 32.8 Å². The molecule has 0 bridgehead atoms. The fraction of sp³-hybridized carbons (Fsp3) is 0.0968. The first-order valence-electron chi connectivity index (χ1n) is 12.7. The van der Waals surface area contributed by atoms with Crippen LogP contribution >= 0.6 is 11.8 Å². The smallest absolute Gasteiger partial charge is 0.267 e. The molecule has 0 aliphatic carbocycles. The average molecular weight is 585 g/mol. The third kappa shape index (κ3) is 7.32. The van der Waals surface area contributed by atoms with Crippen molar-refractivity contribution >= 4 is 46.7 Å². The molecule has 0 spiro atoms. The number of nitrogens with zero attached hydrogens (tertiary/aromatic N) is 3. The molecule has 1 aromatic heterocycles. The second kappa shape index (κ2) is 13.5. The van der Waals surface area contributed by atoms with Gasteiger partial charge in [0.15, 0.2) is 11.8 Å². The lowest BCUT2D eigenvalue weighted by Crippen LogP contribution is -2.28. The lowest BCUT2D eigenvalue weighted by atomic mass is 10.2. The van der Waals surface area contributed by atoms with E-state index in [1.54, 1.807) is 55.8 Å². The zero-order valence-corrected chi connectivity index (χ0v) is 23.2. The lowest BCUT2D eigenvalue weighted by Gasteiger charge is -2.12. The molecule has 1 N–H and O–H groups in total. The third-order valence-corrected chi connectivity index (χ3v) is 6.94. The van der Waals surface area contributed by atoms with Crippen molar-refractivity contribution in [1.29, 1.82) is 0 Å². The number of nitrogens with one attached hydrogen (secondary N) is 1. The molecule has 0 atom stereocenters. The molecule has 1 aliphatic rings. The molecule has 212 valence electrons. The Kier molecular flexibility index (Phi) is 9.10. The van der Waals surface area contributed by atoms with Crippen molar-refractivity contribution < 1.29 is 27.9 Å². The van der Waals surface area contributed by atoms with Crippen molar-refractivity contribution in [2.24, 2.45) is 10.2 Å². The predicted octanol–water partition coefficient (Wildman–Crippen LogP) is 5.95. The predicted molar refractivity (Wildman–Crippen MR) is 160 cm³/mol. The minimum Gasteiger partial charge on any atom is -0.497 e. The number of halogens is 1. The minimum atomic E-state index is -0.413. The summed E-state index contributed by atoms with van der Waals surface area (Å²) in [6, 6.07) is 23.3. The number of anilines is 1. The number of hydrogen-bond donors (Lipinski definition) is 1. The fourth-order valence-electron chi connectivity index (χ4n) is 3.86. The maximum Gasteiger partial charge on any atom is 0.267 e. The summed E-state index contributed by atoms with van der Waals surface area (Å²) in [5.41, 5.74) is 1.87. The van der Waals surface area contributed by atoms with Gasteiger partial charge < -0.3 is 19.2 Å². The number of amides is 2. The summed E-state index contributed by atoms with van der Waals surface area (Å²) in [7, 11) is 1.60. The van der Waals surface area contributed by atoms with Gasteiger partial charge in [-0.2, -0.15) is 5.10 Å². The van der Waals surface area contributed by atoms with E-state index in [2.05, 4.69) is 15.5 Å². The number of amidine groups is 1. The summed E-state index contributed by atoms with van der Waals surface area (Å²) in [6.45, 7) is -0.106. The van der Waals surface area contributed by atoms with E-state index in [-0.39, 0.29) is 19.1 Å². The Labute approximate surface area is 245 Å². The Bertz CT molecular complexity index is 1630. The van der Waals surface area contributed by atoms with Crippen molar-refractivity contribution in [2.45, 2.75) is 6.54 Å². The summed E-state index contributed by atoms with van der Waals surface area (Å²) in [5.74, 6) is 0.641. The van der Waals surface area contributed by atoms with Gasteiger partial charge in [0.05, 0.1) is 31.0 Å². The molecule has 0 radical (unpaired) electrons. The van der Waals surface area contributed by atoms with Crippen molar-refractivity contribution in [3.8, 4) is 11.5 Å². The lowest BCUT2D eigenvalue weighted by molar-refractivity contribution is -0.122. The Morgan fingerprint density at radius 2 is 1.83 bits per heavy atom. The summed E-state index contributed by atoms with van der Waals surface area (Å²) in [6.07, 6.45) is 4.81. The minimum absolute atomic E-state index is 0.175. The first kappa shape index (κ1) is 28.4. The van der Waals surface area contributed by atoms with Crippen molar-refractivity contribution in [3.05, 3.63) is 119 Å². The van der Waals surface area contributed by atoms with Gasteiger partial charge in [-0.1, -0.05) is 18.2 Å². The van der Waals surface area contributed by atoms with Gasteiger partial charge in [-0.25, -0.2) is 4.39 Å². The Hall–Kier alpha value is -5.16. The number of para-hydroxylation sites is 1. The molecule has 3 aromatic carbocycles. The molecule has 0 saturated carbocycles. The molecule has 1 fully saturated rings. The highest BCUT2D eigenvalue weighted by molar-refractivity contribution is 8.18. The van der Waals surface area contributed by atoms with E-state index >= 15 is 0 Å². The molecule has 0 unspecified atom stereocenters. The quantitative estimate of drug-likeness (QED) is 0.140. The highest BCUT2D eigenvalue weighted by Gasteiger charge is 2.34. The molecule has 1 aliphatic heterocycles. The van der Waals surface area contributed by atoms with Crippen LogP contribution in [0.1, 0.15) is 16.9 Å². The topological polar surface area (TPSA) is 106 Å². The monoisotopic (exact) mass is 584 g/mol. The Balaban J connectivity index is 1.33. The number of rotatable bonds is 10. The van der Waals surface area contributed by atoms with Crippen molar-refractivity contribution in [2.75, 3.05) is 19.0 Å². The van der Waals surface area contributed by atoms with Crippen LogP contribution in [0.5, 0.6) is 11.5 Å². The molecular weight excluding hydrogens is 559 g/mol. The van der Waals surface area contributed by atoms with Crippen LogP contribution in [0, 0.1) is 5.82 Å². The van der Waals surface area contributed by atoms with E-state index in [1.165, 1.54) is 47.2 Å². The van der Waals surface area contributed by atoms with Gasteiger partial charge in [-0.05, 0) is 90.1 Å². The molecule has 9 nitrogen and oxygen atoms in total. The zero-order chi connectivity index (χ0) is 29.3. The summed E-state index contributed by atoms with van der Waals surface area (Å²) in [4.78, 5) is 27.7. The van der Waals surface area contributed by atoms with Gasteiger partial charge in [0.25, 0.3) is 11.8 Å². The number of carbonyl (C=O) groups is 2. The van der Waals surface area contributed by atoms with Gasteiger partial charge in [0.1, 0.15) is 23.1 Å².